The van der Waals surface area contributed by atoms with E-state index in [-0.39, 0.29) is 23.9 Å². The summed E-state index contributed by atoms with van der Waals surface area (Å²) in [6.07, 6.45) is 0. The molecule has 0 aromatic heterocycles. The number of hydrogen-bond donors (Lipinski definition) is 2. The van der Waals surface area contributed by atoms with Gasteiger partial charge >= 0.3 is 5.69 Å². The third-order valence-corrected chi connectivity index (χ3v) is 4.45. The molecule has 0 saturated heterocycles. The molecule has 0 spiro atoms. The first-order valence-corrected chi connectivity index (χ1v) is 8.71. The fraction of sp³-hybridized carbons (Fsp3) is 0.350. The minimum Gasteiger partial charge on any atom is -0.490 e. The highest BCUT2D eigenvalue weighted by Crippen LogP contribution is 2.32. The van der Waals surface area contributed by atoms with E-state index in [0.717, 1.165) is 11.4 Å². The van der Waals surface area contributed by atoms with Gasteiger partial charge in [0.1, 0.15) is 6.54 Å². The zero-order valence-corrected chi connectivity index (χ0v) is 16.4. The maximum Gasteiger partial charge on any atom is 0.311 e. The van der Waals surface area contributed by atoms with Gasteiger partial charge in [-0.1, -0.05) is 23.8 Å². The number of nitro groups is 1. The Morgan fingerprint density at radius 1 is 1.19 bits per heavy atom. The van der Waals surface area contributed by atoms with Gasteiger partial charge < -0.3 is 15.0 Å². The van der Waals surface area contributed by atoms with E-state index in [9.17, 15) is 14.9 Å². The van der Waals surface area contributed by atoms with Crippen molar-refractivity contribution in [2.45, 2.75) is 27.3 Å². The number of quaternary nitrogens is 1. The number of carbonyl (C=O) groups excluding carboxylic acids is 1. The molecule has 1 amide bonds. The first kappa shape index (κ1) is 20.4. The van der Waals surface area contributed by atoms with Crippen LogP contribution in [0.4, 0.5) is 11.4 Å². The van der Waals surface area contributed by atoms with Gasteiger partial charge in [-0.25, -0.2) is 0 Å². The molecule has 2 N–H and O–H groups in total. The lowest BCUT2D eigenvalue weighted by Gasteiger charge is -2.16. The predicted octanol–water partition coefficient (Wildman–Crippen LogP) is 2.18. The molecule has 0 radical (unpaired) electrons. The smallest absolute Gasteiger partial charge is 0.311 e. The Kier molecular flexibility index (Phi) is 6.52. The maximum atomic E-state index is 12.4. The summed E-state index contributed by atoms with van der Waals surface area (Å²) in [5.74, 6) is -0.0341. The molecule has 0 fully saturated rings. The largest absolute Gasteiger partial charge is 0.490 e. The number of amides is 1. The van der Waals surface area contributed by atoms with Crippen LogP contribution in [0, 0.1) is 30.9 Å². The van der Waals surface area contributed by atoms with Crippen molar-refractivity contribution in [3.8, 4) is 5.75 Å². The molecule has 2 rings (SSSR count). The number of hydrogen-bond acceptors (Lipinski definition) is 4. The fourth-order valence-electron chi connectivity index (χ4n) is 3.01. The highest BCUT2D eigenvalue weighted by atomic mass is 16.6. The van der Waals surface area contributed by atoms with Gasteiger partial charge in [0, 0.05) is 23.4 Å². The molecule has 0 aliphatic carbocycles. The molecule has 27 heavy (non-hydrogen) atoms. The normalized spacial score (nSPS) is 11.7. The first-order valence-electron chi connectivity index (χ1n) is 8.71. The van der Waals surface area contributed by atoms with E-state index in [1.807, 2.05) is 7.05 Å². The van der Waals surface area contributed by atoms with Crippen molar-refractivity contribution in [1.82, 2.24) is 0 Å². The zero-order chi connectivity index (χ0) is 20.1. The van der Waals surface area contributed by atoms with Gasteiger partial charge in [0.15, 0.2) is 12.3 Å². The lowest BCUT2D eigenvalue weighted by atomic mass is 10.1. The topological polar surface area (TPSA) is 85.9 Å². The van der Waals surface area contributed by atoms with Gasteiger partial charge in [-0.3, -0.25) is 14.9 Å². The summed E-state index contributed by atoms with van der Waals surface area (Å²) in [4.78, 5) is 24.0. The third-order valence-electron chi connectivity index (χ3n) is 4.45. The van der Waals surface area contributed by atoms with Gasteiger partial charge in [0.2, 0.25) is 0 Å². The summed E-state index contributed by atoms with van der Waals surface area (Å²) in [7, 11) is 3.33. The summed E-state index contributed by atoms with van der Waals surface area (Å²) >= 11 is 0. The average molecular weight is 372 g/mol. The molecule has 7 nitrogen and oxygen atoms in total. The Balaban J connectivity index is 2.05. The van der Waals surface area contributed by atoms with Gasteiger partial charge in [-0.15, -0.1) is 0 Å². The van der Waals surface area contributed by atoms with E-state index in [4.69, 9.17) is 4.74 Å². The van der Waals surface area contributed by atoms with Gasteiger partial charge in [-0.2, -0.15) is 0 Å². The minimum absolute atomic E-state index is 0.120. The second kappa shape index (κ2) is 8.64. The molecule has 0 aliphatic heterocycles. The number of anilines is 1. The number of likely N-dealkylation sites (N-methyl/N-ethyl adjacent to an activating group) is 1. The van der Waals surface area contributed by atoms with Crippen molar-refractivity contribution in [3.05, 3.63) is 62.7 Å². The Morgan fingerprint density at radius 2 is 1.89 bits per heavy atom. The molecule has 0 heterocycles. The second-order valence-corrected chi connectivity index (χ2v) is 6.88. The van der Waals surface area contributed by atoms with Crippen molar-refractivity contribution in [1.29, 1.82) is 0 Å². The highest BCUT2D eigenvalue weighted by Gasteiger charge is 2.19. The predicted molar refractivity (Wildman–Crippen MR) is 104 cm³/mol. The molecule has 2 aromatic carbocycles. The molecule has 144 valence electrons. The highest BCUT2D eigenvalue weighted by molar-refractivity contribution is 5.92. The Bertz CT molecular complexity index is 865. The van der Waals surface area contributed by atoms with Crippen LogP contribution in [-0.2, 0) is 11.3 Å². The van der Waals surface area contributed by atoms with Crippen molar-refractivity contribution in [3.63, 3.8) is 0 Å². The van der Waals surface area contributed by atoms with Crippen molar-refractivity contribution >= 4 is 17.3 Å². The van der Waals surface area contributed by atoms with E-state index in [1.165, 1.54) is 35.9 Å². The van der Waals surface area contributed by atoms with Crippen molar-refractivity contribution in [2.24, 2.45) is 0 Å². The van der Waals surface area contributed by atoms with Gasteiger partial charge in [0.05, 0.1) is 19.1 Å². The maximum absolute atomic E-state index is 12.4. The molecule has 1 atom stereocenters. The summed E-state index contributed by atoms with van der Waals surface area (Å²) in [6.45, 7) is 6.87. The Morgan fingerprint density at radius 3 is 2.48 bits per heavy atom. The molecule has 2 aromatic rings. The fourth-order valence-corrected chi connectivity index (χ4v) is 3.01. The van der Waals surface area contributed by atoms with Crippen LogP contribution in [-0.4, -0.2) is 31.5 Å². The number of nitro benzene ring substituents is 1. The second-order valence-electron chi connectivity index (χ2n) is 6.88. The van der Waals surface area contributed by atoms with Crippen LogP contribution in [0.5, 0.6) is 5.75 Å². The van der Waals surface area contributed by atoms with Crippen LogP contribution in [0.15, 0.2) is 30.3 Å². The molecule has 0 aliphatic rings. The molecular weight excluding hydrogens is 346 g/mol. The van der Waals surface area contributed by atoms with Crippen LogP contribution in [0.3, 0.4) is 0 Å². The lowest BCUT2D eigenvalue weighted by molar-refractivity contribution is -0.885. The zero-order valence-electron chi connectivity index (χ0n) is 16.4. The molecular formula is C20H26N3O4+. The van der Waals surface area contributed by atoms with Crippen molar-refractivity contribution in [2.75, 3.05) is 26.0 Å². The molecule has 7 heteroatoms. The number of aryl methyl sites for hydroxylation is 3. The lowest BCUT2D eigenvalue weighted by Crippen LogP contribution is -3.08. The van der Waals surface area contributed by atoms with Crippen LogP contribution in [0.1, 0.15) is 22.3 Å². The Labute approximate surface area is 159 Å². The SMILES string of the molecule is COc1cc(NC(=O)C[NH+](C)Cc2ccc(C)cc2C)c(C)cc1[N+](=O)[O-]. The van der Waals surface area contributed by atoms with Crippen LogP contribution < -0.4 is 15.0 Å². The van der Waals surface area contributed by atoms with E-state index >= 15 is 0 Å². The monoisotopic (exact) mass is 372 g/mol. The average Bonchev–Trinajstić information content (AvgIpc) is 2.58. The summed E-state index contributed by atoms with van der Waals surface area (Å²) in [6, 6.07) is 9.19. The van der Waals surface area contributed by atoms with Gasteiger partial charge in [0.25, 0.3) is 5.91 Å². The number of methoxy groups -OCH3 is 1. The number of ether oxygens (including phenoxy) is 1. The number of benzene rings is 2. The number of rotatable bonds is 7. The van der Waals surface area contributed by atoms with Gasteiger partial charge in [-0.05, 0) is 31.9 Å². The first-order chi connectivity index (χ1) is 12.7. The van der Waals surface area contributed by atoms with E-state index < -0.39 is 4.92 Å². The van der Waals surface area contributed by atoms with E-state index in [0.29, 0.717) is 11.3 Å². The minimum atomic E-state index is -0.501. The number of nitrogens with one attached hydrogen (secondary N) is 2. The summed E-state index contributed by atoms with van der Waals surface area (Å²) in [5.41, 5.74) is 4.65. The molecule has 0 bridgehead atoms. The molecule has 1 unspecified atom stereocenters. The number of nitrogens with zero attached hydrogens (tertiary/aromatic N) is 1. The quantitative estimate of drug-likeness (QED) is 0.576. The molecule has 0 saturated carbocycles. The van der Waals surface area contributed by atoms with Crippen LogP contribution in [0.25, 0.3) is 0 Å². The van der Waals surface area contributed by atoms with E-state index in [1.54, 1.807) is 6.92 Å². The Hall–Kier alpha value is -2.93. The van der Waals surface area contributed by atoms with E-state index in [2.05, 4.69) is 37.4 Å². The number of carbonyl (C=O) groups is 1. The summed E-state index contributed by atoms with van der Waals surface area (Å²) < 4.78 is 5.07. The standard InChI is InChI=1S/C20H25N3O4/c1-13-6-7-16(14(2)8-13)11-22(4)12-20(24)21-17-10-19(27-5)18(23(25)26)9-15(17)3/h6-10H,11-12H2,1-5H3,(H,21,24)/p+1. The van der Waals surface area contributed by atoms with Crippen LogP contribution >= 0.6 is 0 Å². The van der Waals surface area contributed by atoms with Crippen molar-refractivity contribution < 1.29 is 19.4 Å². The summed E-state index contributed by atoms with van der Waals surface area (Å²) in [5, 5.41) is 13.9. The third kappa shape index (κ3) is 5.27. The van der Waals surface area contributed by atoms with Crippen LogP contribution in [0.2, 0.25) is 0 Å².